The topological polar surface area (TPSA) is 113 Å². The molecule has 37 heavy (non-hydrogen) atoms. The zero-order chi connectivity index (χ0) is 27.9. The fourth-order valence-corrected chi connectivity index (χ4v) is 3.67. The van der Waals surface area contributed by atoms with Crippen molar-refractivity contribution >= 4 is 17.8 Å². The van der Waals surface area contributed by atoms with Gasteiger partial charge in [-0.05, 0) is 43.0 Å². The van der Waals surface area contributed by atoms with Gasteiger partial charge in [0.25, 0.3) is 5.91 Å². The van der Waals surface area contributed by atoms with Crippen molar-refractivity contribution in [2.45, 2.75) is 66.5 Å². The Morgan fingerprint density at radius 2 is 1.59 bits per heavy atom. The van der Waals surface area contributed by atoms with Gasteiger partial charge in [-0.25, -0.2) is 9.78 Å². The number of benzene rings is 1. The summed E-state index contributed by atoms with van der Waals surface area (Å²) in [6.45, 7) is 12.7. The van der Waals surface area contributed by atoms with Crippen LogP contribution in [0.5, 0.6) is 17.2 Å². The third-order valence-corrected chi connectivity index (χ3v) is 6.16. The van der Waals surface area contributed by atoms with E-state index in [1.807, 2.05) is 39.0 Å². The molecule has 202 valence electrons. The van der Waals surface area contributed by atoms with Gasteiger partial charge in [0.05, 0.1) is 20.1 Å². The molecular weight excluding hydrogens is 476 g/mol. The van der Waals surface area contributed by atoms with Crippen LogP contribution in [0.4, 0.5) is 0 Å². The molecule has 1 heterocycles. The number of hydrogen-bond acceptors (Lipinski definition) is 8. The summed E-state index contributed by atoms with van der Waals surface area (Å²) in [4.78, 5) is 42.7. The molecule has 9 nitrogen and oxygen atoms in total. The van der Waals surface area contributed by atoms with Crippen molar-refractivity contribution in [3.05, 3.63) is 47.3 Å². The summed E-state index contributed by atoms with van der Waals surface area (Å²) in [6.07, 6.45) is 0.902. The number of hydrogen-bond donors (Lipinski definition) is 1. The van der Waals surface area contributed by atoms with Crippen LogP contribution in [0.25, 0.3) is 0 Å². The van der Waals surface area contributed by atoms with Gasteiger partial charge in [-0.2, -0.15) is 0 Å². The number of nitrogens with one attached hydrogen (secondary N) is 1. The number of methoxy groups -OCH3 is 2. The summed E-state index contributed by atoms with van der Waals surface area (Å²) < 4.78 is 21.7. The minimum Gasteiger partial charge on any atom is -0.497 e. The van der Waals surface area contributed by atoms with Crippen LogP contribution >= 0.6 is 0 Å². The van der Waals surface area contributed by atoms with Gasteiger partial charge >= 0.3 is 11.9 Å². The number of pyridine rings is 1. The molecule has 0 radical (unpaired) electrons. The maximum absolute atomic E-state index is 13.2. The number of nitrogens with zero attached hydrogens (tertiary/aromatic N) is 1. The lowest BCUT2D eigenvalue weighted by Gasteiger charge is -2.27. The van der Waals surface area contributed by atoms with Crippen LogP contribution in [0.15, 0.2) is 30.5 Å². The first kappa shape index (κ1) is 29.6. The zero-order valence-electron chi connectivity index (χ0n) is 23.1. The smallest absolute Gasteiger partial charge is 0.329 e. The van der Waals surface area contributed by atoms with Crippen LogP contribution in [-0.4, -0.2) is 49.2 Å². The molecule has 2 rings (SSSR count). The van der Waals surface area contributed by atoms with Gasteiger partial charge in [-0.1, -0.05) is 40.7 Å². The van der Waals surface area contributed by atoms with Gasteiger partial charge in [0.2, 0.25) is 5.75 Å². The van der Waals surface area contributed by atoms with E-state index in [2.05, 4.69) is 10.3 Å². The molecule has 9 heteroatoms. The lowest BCUT2D eigenvalue weighted by atomic mass is 9.92. The van der Waals surface area contributed by atoms with Crippen molar-refractivity contribution in [2.75, 3.05) is 14.2 Å². The number of aryl methyl sites for hydroxylation is 1. The first-order valence-electron chi connectivity index (χ1n) is 12.3. The highest BCUT2D eigenvalue weighted by Gasteiger charge is 2.32. The molecule has 0 unspecified atom stereocenters. The summed E-state index contributed by atoms with van der Waals surface area (Å²) in [6, 6.07) is 6.29. The molecule has 0 bridgehead atoms. The van der Waals surface area contributed by atoms with Crippen LogP contribution < -0.4 is 19.5 Å². The minimum atomic E-state index is -0.958. The second-order valence-corrected chi connectivity index (χ2v) is 9.62. The fraction of sp³-hybridized carbons (Fsp3) is 0.500. The van der Waals surface area contributed by atoms with Gasteiger partial charge in [-0.15, -0.1) is 0 Å². The quantitative estimate of drug-likeness (QED) is 0.438. The van der Waals surface area contributed by atoms with Gasteiger partial charge < -0.3 is 24.3 Å². The second-order valence-electron chi connectivity index (χ2n) is 9.62. The first-order chi connectivity index (χ1) is 17.4. The van der Waals surface area contributed by atoms with Crippen molar-refractivity contribution in [2.24, 2.45) is 11.8 Å². The van der Waals surface area contributed by atoms with Crippen molar-refractivity contribution in [3.8, 4) is 17.2 Å². The summed E-state index contributed by atoms with van der Waals surface area (Å²) in [5.74, 6) is -1.79. The monoisotopic (exact) mass is 514 g/mol. The van der Waals surface area contributed by atoms with Crippen LogP contribution in [0, 0.1) is 18.8 Å². The molecule has 0 aliphatic heterocycles. The number of rotatable bonds is 11. The molecule has 1 aromatic carbocycles. The van der Waals surface area contributed by atoms with E-state index in [0.29, 0.717) is 0 Å². The average Bonchev–Trinajstić information content (AvgIpc) is 2.86. The number of aromatic nitrogens is 1. The summed E-state index contributed by atoms with van der Waals surface area (Å²) >= 11 is 0. The summed E-state index contributed by atoms with van der Waals surface area (Å²) in [5.41, 5.74) is 1.89. The highest BCUT2D eigenvalue weighted by atomic mass is 16.6. The Bertz CT molecular complexity index is 1110. The fourth-order valence-electron chi connectivity index (χ4n) is 3.67. The van der Waals surface area contributed by atoms with E-state index >= 15 is 0 Å². The Morgan fingerprint density at radius 3 is 2.14 bits per heavy atom. The Kier molecular flexibility index (Phi) is 10.5. The Morgan fingerprint density at radius 1 is 0.919 bits per heavy atom. The largest absolute Gasteiger partial charge is 0.497 e. The number of amides is 1. The molecule has 0 saturated heterocycles. The Hall–Kier alpha value is -3.62. The molecule has 1 amide bonds. The molecule has 0 aliphatic carbocycles. The van der Waals surface area contributed by atoms with Gasteiger partial charge in [0, 0.05) is 18.2 Å². The number of ether oxygens (including phenoxy) is 4. The molecule has 1 N–H and O–H groups in total. The molecule has 0 spiro atoms. The van der Waals surface area contributed by atoms with Crippen LogP contribution in [0.2, 0.25) is 0 Å². The van der Waals surface area contributed by atoms with E-state index < -0.39 is 35.9 Å². The molecule has 3 atom stereocenters. The van der Waals surface area contributed by atoms with E-state index in [1.165, 1.54) is 19.4 Å². The molecule has 0 saturated carbocycles. The Balaban J connectivity index is 2.23. The van der Waals surface area contributed by atoms with E-state index in [-0.39, 0.29) is 29.0 Å². The third kappa shape index (κ3) is 7.44. The summed E-state index contributed by atoms with van der Waals surface area (Å²) in [5, 5.41) is 2.70. The molecule has 0 fully saturated rings. The van der Waals surface area contributed by atoms with Gasteiger partial charge in [-0.3, -0.25) is 9.59 Å². The Labute approximate surface area is 218 Å². The highest BCUT2D eigenvalue weighted by molar-refractivity contribution is 5.99. The van der Waals surface area contributed by atoms with Gasteiger partial charge in [0.15, 0.2) is 11.4 Å². The standard InChI is InChI=1S/C28H38N2O7/c1-15(2)23(28(33)36-19(7)18(6)21-11-10-20(34-8)14-17(21)5)30-26(31)24-25(37-27(32)16(3)4)22(35-9)12-13-29-24/h10-16,18-19,23H,1-9H3,(H,30,31)/t18-,19+,23+/m1/s1. The maximum Gasteiger partial charge on any atom is 0.329 e. The first-order valence-corrected chi connectivity index (χ1v) is 12.3. The highest BCUT2D eigenvalue weighted by Crippen LogP contribution is 2.31. The lowest BCUT2D eigenvalue weighted by Crippen LogP contribution is -2.46. The molecular formula is C28H38N2O7. The average molecular weight is 515 g/mol. The SMILES string of the molecule is COc1ccc([C@H](C)[C@H](C)OC(=O)[C@@H](NC(=O)c2nccc(OC)c2OC(=O)C(C)C)C(C)C)c(C)c1. The second kappa shape index (κ2) is 13.1. The lowest BCUT2D eigenvalue weighted by molar-refractivity contribution is -0.152. The van der Waals surface area contributed by atoms with Crippen molar-refractivity contribution in [1.82, 2.24) is 10.3 Å². The van der Waals surface area contributed by atoms with Crippen LogP contribution in [-0.2, 0) is 14.3 Å². The van der Waals surface area contributed by atoms with E-state index in [9.17, 15) is 14.4 Å². The predicted molar refractivity (Wildman–Crippen MR) is 139 cm³/mol. The van der Waals surface area contributed by atoms with Crippen molar-refractivity contribution < 1.29 is 33.3 Å². The third-order valence-electron chi connectivity index (χ3n) is 6.16. The van der Waals surface area contributed by atoms with E-state index in [4.69, 9.17) is 18.9 Å². The molecule has 2 aromatic rings. The van der Waals surface area contributed by atoms with Crippen molar-refractivity contribution in [1.29, 1.82) is 0 Å². The molecule has 0 aliphatic rings. The van der Waals surface area contributed by atoms with Crippen LogP contribution in [0.1, 0.15) is 69.1 Å². The van der Waals surface area contributed by atoms with Gasteiger partial charge in [0.1, 0.15) is 17.9 Å². The maximum atomic E-state index is 13.2. The zero-order valence-corrected chi connectivity index (χ0v) is 23.1. The van der Waals surface area contributed by atoms with Crippen LogP contribution in [0.3, 0.4) is 0 Å². The number of esters is 2. The summed E-state index contributed by atoms with van der Waals surface area (Å²) in [7, 11) is 3.01. The number of carbonyl (C=O) groups excluding carboxylic acids is 3. The minimum absolute atomic E-state index is 0.0968. The van der Waals surface area contributed by atoms with Crippen molar-refractivity contribution in [3.63, 3.8) is 0 Å². The van der Waals surface area contributed by atoms with E-state index in [1.54, 1.807) is 34.8 Å². The normalized spacial score (nSPS) is 13.5. The van der Waals surface area contributed by atoms with E-state index in [0.717, 1.165) is 16.9 Å². The predicted octanol–water partition coefficient (Wildman–Crippen LogP) is 4.46. The molecule has 1 aromatic heterocycles. The number of carbonyl (C=O) groups is 3.